The monoisotopic (exact) mass is 372 g/mol. The molecule has 1 heterocycles. The Balaban J connectivity index is 2.36. The van der Waals surface area contributed by atoms with Gasteiger partial charge in [-0.3, -0.25) is 4.79 Å². The minimum absolute atomic E-state index is 0.191. The lowest BCUT2D eigenvalue weighted by atomic mass is 10.0. The van der Waals surface area contributed by atoms with Crippen molar-refractivity contribution >= 4 is 22.8 Å². The number of amides is 1. The highest BCUT2D eigenvalue weighted by atomic mass is 16.5. The van der Waals surface area contributed by atoms with E-state index in [1.54, 1.807) is 26.0 Å². The highest BCUT2D eigenvalue weighted by Gasteiger charge is 2.17. The van der Waals surface area contributed by atoms with Crippen LogP contribution in [0, 0.1) is 13.8 Å². The predicted octanol–water partition coefficient (Wildman–Crippen LogP) is 1.16. The molecular formula is C20H22NO6-. The number of carbonyl (C=O) groups is 2. The smallest absolute Gasteiger partial charge is 0.340 e. The van der Waals surface area contributed by atoms with E-state index >= 15 is 0 Å². The van der Waals surface area contributed by atoms with Gasteiger partial charge in [-0.05, 0) is 51.5 Å². The van der Waals surface area contributed by atoms with Crippen molar-refractivity contribution in [2.24, 2.45) is 0 Å². The topological polar surface area (TPSA) is 109 Å². The van der Waals surface area contributed by atoms with Crippen LogP contribution >= 0.6 is 0 Å². The fraction of sp³-hybridized carbons (Fsp3) is 0.350. The zero-order valence-electron chi connectivity index (χ0n) is 15.8. The average molecular weight is 372 g/mol. The van der Waals surface area contributed by atoms with Crippen LogP contribution in [0.2, 0.25) is 0 Å². The van der Waals surface area contributed by atoms with Gasteiger partial charge in [0.25, 0.3) is 0 Å². The lowest BCUT2D eigenvalue weighted by Gasteiger charge is -2.13. The van der Waals surface area contributed by atoms with Gasteiger partial charge in [0.05, 0.1) is 24.5 Å². The van der Waals surface area contributed by atoms with E-state index in [-0.39, 0.29) is 12.0 Å². The highest BCUT2D eigenvalue weighted by molar-refractivity contribution is 5.88. The normalized spacial score (nSPS) is 10.5. The van der Waals surface area contributed by atoms with Gasteiger partial charge in [-0.1, -0.05) is 5.57 Å². The first-order chi connectivity index (χ1) is 12.7. The van der Waals surface area contributed by atoms with Crippen LogP contribution in [0.5, 0.6) is 5.75 Å². The van der Waals surface area contributed by atoms with Crippen molar-refractivity contribution in [1.29, 1.82) is 0 Å². The van der Waals surface area contributed by atoms with Gasteiger partial charge in [-0.15, -0.1) is 0 Å². The summed E-state index contributed by atoms with van der Waals surface area (Å²) in [6.07, 6.45) is 1.68. The van der Waals surface area contributed by atoms with E-state index in [0.29, 0.717) is 34.5 Å². The van der Waals surface area contributed by atoms with Crippen LogP contribution in [0.4, 0.5) is 0 Å². The third-order valence-electron chi connectivity index (χ3n) is 4.15. The van der Waals surface area contributed by atoms with Gasteiger partial charge in [-0.25, -0.2) is 4.79 Å². The van der Waals surface area contributed by atoms with Gasteiger partial charge in [-0.2, -0.15) is 0 Å². The average Bonchev–Trinajstić information content (AvgIpc) is 2.59. The number of carboxylic acids is 1. The number of rotatable bonds is 7. The molecule has 1 aromatic carbocycles. The Labute approximate surface area is 156 Å². The second-order valence-electron chi connectivity index (χ2n) is 6.48. The molecule has 1 aromatic heterocycles. The Morgan fingerprint density at radius 1 is 1.22 bits per heavy atom. The van der Waals surface area contributed by atoms with Crippen LogP contribution < -0.4 is 20.8 Å². The number of hydrogen-bond donors (Lipinski definition) is 1. The summed E-state index contributed by atoms with van der Waals surface area (Å²) in [4.78, 5) is 34.6. The molecule has 0 aliphatic heterocycles. The Bertz CT molecular complexity index is 967. The SMILES string of the molecule is CC(C)=CCOc1ccc2c(C)c(CC(=O)NCC(=O)[O-])c(=O)oc2c1C. The molecule has 0 unspecified atom stereocenters. The van der Waals surface area contributed by atoms with E-state index in [4.69, 9.17) is 9.15 Å². The molecule has 0 radical (unpaired) electrons. The van der Waals surface area contributed by atoms with Crippen molar-refractivity contribution < 1.29 is 23.8 Å². The highest BCUT2D eigenvalue weighted by Crippen LogP contribution is 2.29. The number of nitrogens with one attached hydrogen (secondary N) is 1. The zero-order chi connectivity index (χ0) is 20.1. The second kappa shape index (κ2) is 8.53. The fourth-order valence-corrected chi connectivity index (χ4v) is 2.62. The van der Waals surface area contributed by atoms with Gasteiger partial charge < -0.3 is 24.4 Å². The summed E-state index contributed by atoms with van der Waals surface area (Å²) in [5.41, 5.74) is 2.42. The molecule has 0 atom stereocenters. The summed E-state index contributed by atoms with van der Waals surface area (Å²) in [6.45, 7) is 7.28. The third-order valence-corrected chi connectivity index (χ3v) is 4.15. The molecule has 0 aliphatic carbocycles. The van der Waals surface area contributed by atoms with Crippen molar-refractivity contribution in [1.82, 2.24) is 5.32 Å². The fourth-order valence-electron chi connectivity index (χ4n) is 2.62. The molecule has 0 aliphatic rings. The molecule has 2 rings (SSSR count). The minimum atomic E-state index is -1.40. The number of aryl methyl sites for hydroxylation is 2. The molecule has 0 spiro atoms. The van der Waals surface area contributed by atoms with Gasteiger partial charge in [0, 0.05) is 10.9 Å². The van der Waals surface area contributed by atoms with Crippen LogP contribution in [0.15, 0.2) is 33.0 Å². The molecule has 0 bridgehead atoms. The quantitative estimate of drug-likeness (QED) is 0.577. The number of ether oxygens (including phenoxy) is 1. The third kappa shape index (κ3) is 4.97. The van der Waals surface area contributed by atoms with Crippen LogP contribution in [0.25, 0.3) is 11.0 Å². The Hall–Kier alpha value is -3.09. The molecule has 1 N–H and O–H groups in total. The summed E-state index contributed by atoms with van der Waals surface area (Å²) in [7, 11) is 0. The molecule has 27 heavy (non-hydrogen) atoms. The number of allylic oxidation sites excluding steroid dienone is 1. The van der Waals surface area contributed by atoms with Gasteiger partial charge in [0.2, 0.25) is 5.91 Å². The molecular weight excluding hydrogens is 350 g/mol. The van der Waals surface area contributed by atoms with E-state index in [9.17, 15) is 19.5 Å². The van der Waals surface area contributed by atoms with Crippen LogP contribution in [-0.2, 0) is 16.0 Å². The van der Waals surface area contributed by atoms with Crippen molar-refractivity contribution in [2.75, 3.05) is 13.2 Å². The summed E-state index contributed by atoms with van der Waals surface area (Å²) >= 11 is 0. The molecule has 1 amide bonds. The van der Waals surface area contributed by atoms with Crippen molar-refractivity contribution in [2.45, 2.75) is 34.1 Å². The summed E-state index contributed by atoms with van der Waals surface area (Å²) < 4.78 is 11.2. The second-order valence-corrected chi connectivity index (χ2v) is 6.48. The minimum Gasteiger partial charge on any atom is -0.548 e. The molecule has 144 valence electrons. The van der Waals surface area contributed by atoms with E-state index in [0.717, 1.165) is 5.57 Å². The van der Waals surface area contributed by atoms with Crippen LogP contribution in [0.1, 0.15) is 30.5 Å². The van der Waals surface area contributed by atoms with Crippen molar-refractivity contribution in [3.8, 4) is 5.75 Å². The molecule has 2 aromatic rings. The van der Waals surface area contributed by atoms with E-state index in [1.165, 1.54) is 0 Å². The zero-order valence-corrected chi connectivity index (χ0v) is 15.8. The van der Waals surface area contributed by atoms with E-state index in [1.807, 2.05) is 19.9 Å². The number of carbonyl (C=O) groups excluding carboxylic acids is 2. The first kappa shape index (κ1) is 20.2. The molecule has 7 heteroatoms. The first-order valence-corrected chi connectivity index (χ1v) is 8.49. The van der Waals surface area contributed by atoms with Crippen LogP contribution in [-0.4, -0.2) is 25.0 Å². The molecule has 0 fully saturated rings. The predicted molar refractivity (Wildman–Crippen MR) is 98.6 cm³/mol. The molecule has 0 saturated heterocycles. The van der Waals surface area contributed by atoms with Gasteiger partial charge >= 0.3 is 5.63 Å². The summed E-state index contributed by atoms with van der Waals surface area (Å²) in [5, 5.41) is 13.3. The number of benzene rings is 1. The maximum absolute atomic E-state index is 12.4. The van der Waals surface area contributed by atoms with Gasteiger partial charge in [0.1, 0.15) is 17.9 Å². The number of carboxylic acid groups (broad SMARTS) is 1. The van der Waals surface area contributed by atoms with E-state index < -0.39 is 24.0 Å². The number of hydrogen-bond acceptors (Lipinski definition) is 6. The first-order valence-electron chi connectivity index (χ1n) is 8.49. The molecule has 0 saturated carbocycles. The standard InChI is InChI=1S/C20H23NO6/c1-11(2)7-8-26-16-6-5-14-12(3)15(9-17(22)21-10-18(23)24)20(25)27-19(14)13(16)4/h5-7H,8-10H2,1-4H3,(H,21,22)(H,23,24)/p-1. The van der Waals surface area contributed by atoms with Crippen molar-refractivity contribution in [3.63, 3.8) is 0 Å². The lowest BCUT2D eigenvalue weighted by molar-refractivity contribution is -0.304. The number of fused-ring (bicyclic) bond motifs is 1. The number of aliphatic carboxylic acids is 1. The maximum atomic E-state index is 12.4. The van der Waals surface area contributed by atoms with Gasteiger partial charge in [0.15, 0.2) is 0 Å². The lowest BCUT2D eigenvalue weighted by Crippen LogP contribution is -2.38. The summed E-state index contributed by atoms with van der Waals surface area (Å²) in [6, 6.07) is 3.57. The van der Waals surface area contributed by atoms with E-state index in [2.05, 4.69) is 5.32 Å². The van der Waals surface area contributed by atoms with Crippen LogP contribution in [0.3, 0.4) is 0 Å². The largest absolute Gasteiger partial charge is 0.548 e. The summed E-state index contributed by atoms with van der Waals surface area (Å²) in [5.74, 6) is -1.38. The maximum Gasteiger partial charge on any atom is 0.340 e. The van der Waals surface area contributed by atoms with Crippen molar-refractivity contribution in [3.05, 3.63) is 50.9 Å². The Morgan fingerprint density at radius 3 is 2.56 bits per heavy atom. The Morgan fingerprint density at radius 2 is 1.93 bits per heavy atom. The Kier molecular flexibility index (Phi) is 6.39. The molecule has 7 nitrogen and oxygen atoms in total.